The van der Waals surface area contributed by atoms with Crippen LogP contribution in [0.3, 0.4) is 0 Å². The number of fused-ring (bicyclic) bond motifs is 1. The highest BCUT2D eigenvalue weighted by Crippen LogP contribution is 2.47. The van der Waals surface area contributed by atoms with E-state index in [-0.39, 0.29) is 6.61 Å². The molecule has 0 atom stereocenters. The lowest BCUT2D eigenvalue weighted by atomic mass is 9.72. The lowest BCUT2D eigenvalue weighted by Gasteiger charge is -2.37. The average molecular weight is 431 g/mol. The molecule has 7 nitrogen and oxygen atoms in total. The van der Waals surface area contributed by atoms with E-state index in [0.29, 0.717) is 60.7 Å². The first kappa shape index (κ1) is 20.8. The fraction of sp³-hybridized carbons (Fsp3) is 0.455. The topological polar surface area (TPSA) is 108 Å². The number of nitrogens with zero attached hydrogens (tertiary/aromatic N) is 1. The molecule has 0 aliphatic carbocycles. The molecule has 2 aromatic heterocycles. The number of thiazole rings is 1. The number of aliphatic hydroxyl groups excluding tert-OH is 1. The van der Waals surface area contributed by atoms with E-state index in [2.05, 4.69) is 4.98 Å². The Morgan fingerprint density at radius 1 is 1.33 bits per heavy atom. The third-order valence-corrected chi connectivity index (χ3v) is 6.93. The van der Waals surface area contributed by atoms with Crippen LogP contribution in [0.15, 0.2) is 16.0 Å². The minimum atomic E-state index is -0.608. The molecule has 0 unspecified atom stereocenters. The van der Waals surface area contributed by atoms with Crippen LogP contribution in [0.4, 0.5) is 0 Å². The molecule has 3 aromatic rings. The first-order valence-electron chi connectivity index (χ1n) is 9.95. The summed E-state index contributed by atoms with van der Waals surface area (Å²) in [6.07, 6.45) is 1.22. The quantitative estimate of drug-likeness (QED) is 0.619. The number of aliphatic hydroxyl groups is 1. The number of aromatic nitrogens is 1. The van der Waals surface area contributed by atoms with Crippen LogP contribution in [0, 0.1) is 20.8 Å². The minimum absolute atomic E-state index is 0.0904. The van der Waals surface area contributed by atoms with Crippen molar-refractivity contribution in [1.82, 2.24) is 4.98 Å². The summed E-state index contributed by atoms with van der Waals surface area (Å²) in [5.41, 5.74) is 10.4. The van der Waals surface area contributed by atoms with Gasteiger partial charge in [-0.1, -0.05) is 0 Å². The Balaban J connectivity index is 1.96. The van der Waals surface area contributed by atoms with Gasteiger partial charge in [-0.05, 0) is 45.2 Å². The summed E-state index contributed by atoms with van der Waals surface area (Å²) in [5.74, 6) is 0.548. The van der Waals surface area contributed by atoms with Crippen LogP contribution in [0.1, 0.15) is 50.7 Å². The number of carbonyl (C=O) groups is 1. The fourth-order valence-electron chi connectivity index (χ4n) is 4.31. The standard InChI is InChI=1S/C22H26N2O5S/c1-12-8-15(28-9-16-13(2)24-11-30-16)19(22(10-25)4-6-27-7-5-22)18-17(21(23)26)14(3)29-20(12)18/h8,11,25H,4-7,9-10H2,1-3H3,(H2,23,26). The first-order valence-corrected chi connectivity index (χ1v) is 10.8. The van der Waals surface area contributed by atoms with E-state index < -0.39 is 11.3 Å². The Morgan fingerprint density at radius 3 is 2.67 bits per heavy atom. The zero-order valence-electron chi connectivity index (χ0n) is 17.4. The molecule has 0 saturated carbocycles. The molecule has 1 amide bonds. The van der Waals surface area contributed by atoms with E-state index in [9.17, 15) is 9.90 Å². The van der Waals surface area contributed by atoms with Gasteiger partial charge in [0, 0.05) is 29.6 Å². The summed E-state index contributed by atoms with van der Waals surface area (Å²) in [5, 5.41) is 11.2. The van der Waals surface area contributed by atoms with Crippen molar-refractivity contribution in [3.8, 4) is 5.75 Å². The molecule has 30 heavy (non-hydrogen) atoms. The number of rotatable bonds is 6. The normalized spacial score (nSPS) is 16.1. The second kappa shape index (κ2) is 8.02. The summed E-state index contributed by atoms with van der Waals surface area (Å²) in [6, 6.07) is 1.93. The largest absolute Gasteiger partial charge is 0.488 e. The van der Waals surface area contributed by atoms with Crippen LogP contribution in [0.5, 0.6) is 5.75 Å². The lowest BCUT2D eigenvalue weighted by molar-refractivity contribution is 0.0246. The third kappa shape index (κ3) is 3.38. The predicted octanol–water partition coefficient (Wildman–Crippen LogP) is 3.53. The Hall–Kier alpha value is -2.42. The highest BCUT2D eigenvalue weighted by Gasteiger charge is 2.40. The van der Waals surface area contributed by atoms with Gasteiger partial charge in [-0.25, -0.2) is 4.98 Å². The molecular weight excluding hydrogens is 404 g/mol. The SMILES string of the molecule is Cc1ncsc1COc1cc(C)c2oc(C)c(C(N)=O)c2c1C1(CO)CCOCC1. The summed E-state index contributed by atoms with van der Waals surface area (Å²) in [7, 11) is 0. The Morgan fingerprint density at radius 2 is 2.07 bits per heavy atom. The first-order chi connectivity index (χ1) is 14.4. The van der Waals surface area contributed by atoms with Gasteiger partial charge in [-0.2, -0.15) is 0 Å². The molecule has 8 heteroatoms. The zero-order chi connectivity index (χ0) is 21.5. The third-order valence-electron chi connectivity index (χ3n) is 6.02. The Labute approximate surface area is 178 Å². The number of hydrogen-bond donors (Lipinski definition) is 2. The van der Waals surface area contributed by atoms with Crippen molar-refractivity contribution in [2.24, 2.45) is 5.73 Å². The summed E-state index contributed by atoms with van der Waals surface area (Å²) in [4.78, 5) is 17.7. The minimum Gasteiger partial charge on any atom is -0.488 e. The summed E-state index contributed by atoms with van der Waals surface area (Å²) >= 11 is 1.54. The number of benzene rings is 1. The maximum atomic E-state index is 12.4. The average Bonchev–Trinajstić information content (AvgIpc) is 3.29. The van der Waals surface area contributed by atoms with E-state index in [0.717, 1.165) is 21.7 Å². The number of furan rings is 1. The van der Waals surface area contributed by atoms with Crippen molar-refractivity contribution in [1.29, 1.82) is 0 Å². The zero-order valence-corrected chi connectivity index (χ0v) is 18.2. The van der Waals surface area contributed by atoms with Crippen molar-refractivity contribution in [3.63, 3.8) is 0 Å². The van der Waals surface area contributed by atoms with Crippen molar-refractivity contribution >= 4 is 28.2 Å². The lowest BCUT2D eigenvalue weighted by Crippen LogP contribution is -2.38. The number of carbonyl (C=O) groups excluding carboxylic acids is 1. The molecule has 0 bridgehead atoms. The van der Waals surface area contributed by atoms with Crippen molar-refractivity contribution < 1.29 is 23.8 Å². The van der Waals surface area contributed by atoms with Crippen LogP contribution in [-0.2, 0) is 16.8 Å². The van der Waals surface area contributed by atoms with E-state index in [4.69, 9.17) is 19.6 Å². The van der Waals surface area contributed by atoms with Crippen LogP contribution in [0.25, 0.3) is 11.0 Å². The van der Waals surface area contributed by atoms with Crippen LogP contribution >= 0.6 is 11.3 Å². The van der Waals surface area contributed by atoms with Gasteiger partial charge in [0.15, 0.2) is 0 Å². The molecular formula is C22H26N2O5S. The van der Waals surface area contributed by atoms with E-state index in [1.807, 2.05) is 19.9 Å². The van der Waals surface area contributed by atoms with Crippen molar-refractivity contribution in [2.45, 2.75) is 45.6 Å². The highest BCUT2D eigenvalue weighted by atomic mass is 32.1. The van der Waals surface area contributed by atoms with Gasteiger partial charge in [0.25, 0.3) is 5.91 Å². The molecule has 1 fully saturated rings. The van der Waals surface area contributed by atoms with Gasteiger partial charge in [-0.15, -0.1) is 11.3 Å². The van der Waals surface area contributed by atoms with Gasteiger partial charge in [0.05, 0.1) is 28.3 Å². The molecule has 1 aliphatic rings. The molecule has 160 valence electrons. The maximum absolute atomic E-state index is 12.4. The number of nitrogens with two attached hydrogens (primary N) is 1. The highest BCUT2D eigenvalue weighted by molar-refractivity contribution is 7.09. The molecule has 1 aliphatic heterocycles. The van der Waals surface area contributed by atoms with Crippen LogP contribution < -0.4 is 10.5 Å². The Kier molecular flexibility index (Phi) is 5.57. The number of aryl methyl sites for hydroxylation is 3. The second-order valence-electron chi connectivity index (χ2n) is 7.87. The number of primary amides is 1. The maximum Gasteiger partial charge on any atom is 0.252 e. The predicted molar refractivity (Wildman–Crippen MR) is 114 cm³/mol. The van der Waals surface area contributed by atoms with Crippen LogP contribution in [-0.4, -0.2) is 35.8 Å². The monoisotopic (exact) mass is 430 g/mol. The van der Waals surface area contributed by atoms with Crippen LogP contribution in [0.2, 0.25) is 0 Å². The molecule has 3 heterocycles. The Bertz CT molecular complexity index is 1090. The van der Waals surface area contributed by atoms with Gasteiger partial charge >= 0.3 is 0 Å². The van der Waals surface area contributed by atoms with Gasteiger partial charge in [0.1, 0.15) is 23.7 Å². The molecule has 1 aromatic carbocycles. The van der Waals surface area contributed by atoms with Crippen molar-refractivity contribution in [3.05, 3.63) is 44.6 Å². The fourth-order valence-corrected chi connectivity index (χ4v) is 5.00. The summed E-state index contributed by atoms with van der Waals surface area (Å²) < 4.78 is 17.8. The van der Waals surface area contributed by atoms with E-state index >= 15 is 0 Å². The van der Waals surface area contributed by atoms with Gasteiger partial charge in [0.2, 0.25) is 0 Å². The van der Waals surface area contributed by atoms with Gasteiger partial charge < -0.3 is 24.7 Å². The molecule has 0 radical (unpaired) electrons. The number of amides is 1. The number of hydrogen-bond acceptors (Lipinski definition) is 7. The van der Waals surface area contributed by atoms with Gasteiger partial charge in [-0.3, -0.25) is 4.79 Å². The van der Waals surface area contributed by atoms with Crippen molar-refractivity contribution in [2.75, 3.05) is 19.8 Å². The number of ether oxygens (including phenoxy) is 2. The molecule has 3 N–H and O–H groups in total. The van der Waals surface area contributed by atoms with E-state index in [1.54, 1.807) is 12.4 Å². The molecule has 4 rings (SSSR count). The summed E-state index contributed by atoms with van der Waals surface area (Å²) in [6.45, 7) is 6.91. The molecule has 0 spiro atoms. The molecule has 1 saturated heterocycles. The second-order valence-corrected chi connectivity index (χ2v) is 8.81. The smallest absolute Gasteiger partial charge is 0.252 e. The van der Waals surface area contributed by atoms with E-state index in [1.165, 1.54) is 11.3 Å².